The fraction of sp³-hybridized carbons (Fsp3) is 0.500. The van der Waals surface area contributed by atoms with Crippen molar-refractivity contribution in [2.24, 2.45) is 0 Å². The second-order valence-electron chi connectivity index (χ2n) is 2.79. The average Bonchev–Trinajstić information content (AvgIpc) is 2.67. The Morgan fingerprint density at radius 1 is 1.37 bits per heavy atom. The van der Waals surface area contributed by atoms with Gasteiger partial charge in [-0.2, -0.15) is 0 Å². The van der Waals surface area contributed by atoms with E-state index >= 15 is 0 Å². The Hall–Kier alpha value is -1.34. The Morgan fingerprint density at radius 2 is 1.95 bits per heavy atom. The monoisotopic (exact) mass is 296 g/mol. The molecule has 0 bridgehead atoms. The van der Waals surface area contributed by atoms with Crippen LogP contribution in [-0.2, 0) is 27.9 Å². The summed E-state index contributed by atoms with van der Waals surface area (Å²) < 4.78 is 28.9. The molecule has 0 aliphatic carbocycles. The number of cyclic esters (lactones) is 1. The first-order valence-corrected chi connectivity index (χ1v) is 6.84. The van der Waals surface area contributed by atoms with Crippen molar-refractivity contribution in [2.75, 3.05) is 20.8 Å². The summed E-state index contributed by atoms with van der Waals surface area (Å²) in [6.07, 6.45) is 1.15. The highest BCUT2D eigenvalue weighted by molar-refractivity contribution is 7.47. The van der Waals surface area contributed by atoms with Gasteiger partial charge in [0.15, 0.2) is 5.76 Å². The summed E-state index contributed by atoms with van der Waals surface area (Å²) in [4.78, 5) is 19.9. The number of aliphatic hydroxyl groups is 1. The van der Waals surface area contributed by atoms with Crippen LogP contribution in [0.3, 0.4) is 0 Å². The van der Waals surface area contributed by atoms with Crippen molar-refractivity contribution in [1.29, 1.82) is 0 Å². The van der Waals surface area contributed by atoms with Gasteiger partial charge >= 0.3 is 13.8 Å². The SMILES string of the molecule is CC.COC1=C(O)C(=O)O/C1=C/COP(=O)(O)OC. The van der Waals surface area contributed by atoms with E-state index in [4.69, 9.17) is 9.63 Å². The molecule has 1 unspecified atom stereocenters. The number of carbonyl (C=O) groups is 1. The van der Waals surface area contributed by atoms with Gasteiger partial charge in [-0.15, -0.1) is 0 Å². The molecule has 1 aliphatic rings. The molecule has 110 valence electrons. The first-order chi connectivity index (χ1) is 8.91. The summed E-state index contributed by atoms with van der Waals surface area (Å²) in [5, 5.41) is 9.20. The highest BCUT2D eigenvalue weighted by Crippen LogP contribution is 2.41. The Balaban J connectivity index is 0.00000154. The van der Waals surface area contributed by atoms with Crippen LogP contribution in [0.4, 0.5) is 0 Å². The van der Waals surface area contributed by atoms with E-state index in [0.717, 1.165) is 13.2 Å². The normalized spacial score (nSPS) is 19.6. The molecule has 1 atom stereocenters. The molecular weight excluding hydrogens is 279 g/mol. The van der Waals surface area contributed by atoms with Crippen molar-refractivity contribution in [3.63, 3.8) is 0 Å². The van der Waals surface area contributed by atoms with Gasteiger partial charge in [-0.05, 0) is 6.08 Å². The van der Waals surface area contributed by atoms with Crippen LogP contribution in [0.1, 0.15) is 13.8 Å². The molecule has 9 heteroatoms. The van der Waals surface area contributed by atoms with Crippen LogP contribution in [0.15, 0.2) is 23.4 Å². The fourth-order valence-corrected chi connectivity index (χ4v) is 1.36. The average molecular weight is 296 g/mol. The van der Waals surface area contributed by atoms with Gasteiger partial charge in [-0.1, -0.05) is 13.8 Å². The molecule has 0 spiro atoms. The molecule has 1 aliphatic heterocycles. The number of carbonyl (C=O) groups excluding carboxylic acids is 1. The number of methoxy groups -OCH3 is 1. The number of hydrogen-bond donors (Lipinski definition) is 2. The van der Waals surface area contributed by atoms with Gasteiger partial charge in [-0.25, -0.2) is 9.36 Å². The van der Waals surface area contributed by atoms with Crippen LogP contribution in [0.25, 0.3) is 0 Å². The number of aliphatic hydroxyl groups excluding tert-OH is 1. The predicted molar refractivity (Wildman–Crippen MR) is 65.0 cm³/mol. The van der Waals surface area contributed by atoms with Crippen LogP contribution < -0.4 is 0 Å². The lowest BCUT2D eigenvalue weighted by molar-refractivity contribution is -0.135. The third-order valence-electron chi connectivity index (χ3n) is 1.78. The van der Waals surface area contributed by atoms with Gasteiger partial charge < -0.3 is 19.5 Å². The summed E-state index contributed by atoms with van der Waals surface area (Å²) in [5.41, 5.74) is 0. The summed E-state index contributed by atoms with van der Waals surface area (Å²) in [6.45, 7) is 3.64. The van der Waals surface area contributed by atoms with Crippen molar-refractivity contribution in [3.8, 4) is 0 Å². The third kappa shape index (κ3) is 5.04. The summed E-state index contributed by atoms with van der Waals surface area (Å²) >= 11 is 0. The van der Waals surface area contributed by atoms with Crippen molar-refractivity contribution in [3.05, 3.63) is 23.4 Å². The van der Waals surface area contributed by atoms with E-state index in [1.807, 2.05) is 13.8 Å². The highest BCUT2D eigenvalue weighted by atomic mass is 31.2. The van der Waals surface area contributed by atoms with E-state index in [2.05, 4.69) is 13.8 Å². The maximum absolute atomic E-state index is 10.9. The number of hydrogen-bond acceptors (Lipinski definition) is 7. The zero-order valence-electron chi connectivity index (χ0n) is 11.1. The molecule has 0 saturated heterocycles. The largest absolute Gasteiger partial charge is 0.499 e. The van der Waals surface area contributed by atoms with Gasteiger partial charge in [0.2, 0.25) is 11.5 Å². The van der Waals surface area contributed by atoms with Crippen LogP contribution in [-0.4, -0.2) is 36.8 Å². The van der Waals surface area contributed by atoms with E-state index in [1.165, 1.54) is 7.11 Å². The molecule has 0 aromatic heterocycles. The van der Waals surface area contributed by atoms with Crippen molar-refractivity contribution < 1.29 is 37.9 Å². The maximum atomic E-state index is 10.9. The zero-order chi connectivity index (χ0) is 15.1. The molecule has 0 saturated carbocycles. The first-order valence-electron chi connectivity index (χ1n) is 5.34. The topological polar surface area (TPSA) is 112 Å². The zero-order valence-corrected chi connectivity index (χ0v) is 12.0. The predicted octanol–water partition coefficient (Wildman–Crippen LogP) is 1.63. The summed E-state index contributed by atoms with van der Waals surface area (Å²) in [5.74, 6) is -1.89. The van der Waals surface area contributed by atoms with E-state index in [-0.39, 0.29) is 18.1 Å². The smallest absolute Gasteiger partial charge is 0.472 e. The van der Waals surface area contributed by atoms with Crippen LogP contribution in [0, 0.1) is 0 Å². The third-order valence-corrected chi connectivity index (χ3v) is 2.71. The highest BCUT2D eigenvalue weighted by Gasteiger charge is 2.31. The Morgan fingerprint density at radius 3 is 2.42 bits per heavy atom. The molecular formula is C10H17O8P. The standard InChI is InChI=1S/C8H11O8P.C2H6/c1-13-7-5(16-8(10)6(7)9)3-4-15-17(11,12)14-2;1-2/h3,9H,4H2,1-2H3,(H,11,12);1-2H3/b5-3+;. The lowest BCUT2D eigenvalue weighted by Gasteiger charge is -2.07. The number of rotatable bonds is 5. The van der Waals surface area contributed by atoms with E-state index in [1.54, 1.807) is 0 Å². The molecule has 1 rings (SSSR count). The van der Waals surface area contributed by atoms with E-state index in [0.29, 0.717) is 0 Å². The number of esters is 1. The molecule has 19 heavy (non-hydrogen) atoms. The fourth-order valence-electron chi connectivity index (χ4n) is 0.995. The molecule has 1 heterocycles. The Labute approximate surface area is 110 Å². The molecule has 0 aromatic rings. The lowest BCUT2D eigenvalue weighted by Crippen LogP contribution is -1.98. The molecule has 2 N–H and O–H groups in total. The van der Waals surface area contributed by atoms with Crippen LogP contribution in [0.2, 0.25) is 0 Å². The maximum Gasteiger partial charge on any atom is 0.472 e. The first kappa shape index (κ1) is 17.7. The Kier molecular flexibility index (Phi) is 7.40. The minimum absolute atomic E-state index is 0.0916. The minimum Gasteiger partial charge on any atom is -0.499 e. The lowest BCUT2D eigenvalue weighted by atomic mass is 10.3. The van der Waals surface area contributed by atoms with Gasteiger partial charge in [0.05, 0.1) is 13.7 Å². The minimum atomic E-state index is -4.09. The van der Waals surface area contributed by atoms with Crippen molar-refractivity contribution in [2.45, 2.75) is 13.8 Å². The van der Waals surface area contributed by atoms with Crippen molar-refractivity contribution in [1.82, 2.24) is 0 Å². The van der Waals surface area contributed by atoms with Gasteiger partial charge in [-0.3, -0.25) is 9.05 Å². The molecule has 0 radical (unpaired) electrons. The van der Waals surface area contributed by atoms with Gasteiger partial charge in [0.25, 0.3) is 0 Å². The molecule has 8 nitrogen and oxygen atoms in total. The van der Waals surface area contributed by atoms with E-state index < -0.39 is 19.6 Å². The quantitative estimate of drug-likeness (QED) is 0.581. The molecule has 0 aromatic carbocycles. The number of phosphoric acid groups is 1. The second kappa shape index (κ2) is 7.96. The Bertz CT molecular complexity index is 425. The van der Waals surface area contributed by atoms with Gasteiger partial charge in [0.1, 0.15) is 0 Å². The van der Waals surface area contributed by atoms with Crippen LogP contribution in [0.5, 0.6) is 0 Å². The second-order valence-corrected chi connectivity index (χ2v) is 4.35. The summed E-state index contributed by atoms with van der Waals surface area (Å²) in [6, 6.07) is 0. The number of phosphoric ester groups is 1. The van der Waals surface area contributed by atoms with Crippen LogP contribution >= 0.6 is 7.82 Å². The summed E-state index contributed by atoms with van der Waals surface area (Å²) in [7, 11) is -1.85. The van der Waals surface area contributed by atoms with Crippen molar-refractivity contribution >= 4 is 13.8 Å². The molecule has 0 fully saturated rings. The van der Waals surface area contributed by atoms with Gasteiger partial charge in [0, 0.05) is 7.11 Å². The van der Waals surface area contributed by atoms with E-state index in [9.17, 15) is 14.5 Å². The number of ether oxygens (including phenoxy) is 2. The molecule has 0 amide bonds.